The van der Waals surface area contributed by atoms with Crippen LogP contribution in [0.4, 0.5) is 0 Å². The van der Waals surface area contributed by atoms with E-state index < -0.39 is 0 Å². The van der Waals surface area contributed by atoms with E-state index in [0.717, 1.165) is 30.6 Å². The number of nitrogens with zero attached hydrogens (tertiary/aromatic N) is 4. The van der Waals surface area contributed by atoms with Crippen molar-refractivity contribution < 1.29 is 4.42 Å². The van der Waals surface area contributed by atoms with Crippen molar-refractivity contribution in [3.8, 4) is 11.6 Å². The van der Waals surface area contributed by atoms with Gasteiger partial charge in [0.2, 0.25) is 5.89 Å². The third kappa shape index (κ3) is 4.63. The van der Waals surface area contributed by atoms with Gasteiger partial charge in [-0.25, -0.2) is 4.98 Å². The van der Waals surface area contributed by atoms with Crippen molar-refractivity contribution in [2.45, 2.75) is 65.3 Å². The van der Waals surface area contributed by atoms with Crippen molar-refractivity contribution in [3.63, 3.8) is 0 Å². The Morgan fingerprint density at radius 3 is 2.72 bits per heavy atom. The molecule has 4 rings (SSSR count). The molecule has 29 heavy (non-hydrogen) atoms. The van der Waals surface area contributed by atoms with E-state index >= 15 is 0 Å². The zero-order valence-electron chi connectivity index (χ0n) is 18.3. The molecule has 1 saturated carbocycles. The highest BCUT2D eigenvalue weighted by atomic mass is 16.4. The van der Waals surface area contributed by atoms with Gasteiger partial charge in [-0.1, -0.05) is 38.3 Å². The minimum Gasteiger partial charge on any atom is -0.419 e. The fourth-order valence-corrected chi connectivity index (χ4v) is 5.15. The van der Waals surface area contributed by atoms with Crippen molar-refractivity contribution >= 4 is 0 Å². The molecule has 2 aliphatic carbocycles. The summed E-state index contributed by atoms with van der Waals surface area (Å²) in [5.41, 5.74) is 2.33. The summed E-state index contributed by atoms with van der Waals surface area (Å²) in [6.07, 6.45) is 13.5. The summed E-state index contributed by atoms with van der Waals surface area (Å²) in [6, 6.07) is 0.734. The fourth-order valence-electron chi connectivity index (χ4n) is 5.15. The zero-order valence-corrected chi connectivity index (χ0v) is 18.3. The SMILES string of the molecule is CC1=C[C@@H](CNC2CCCC2)[C@H](C(C)C)C[C@H]1Cc1nnc(-c2cncn2C)o1. The van der Waals surface area contributed by atoms with Gasteiger partial charge in [-0.15, -0.1) is 10.2 Å². The maximum absolute atomic E-state index is 5.97. The minimum absolute atomic E-state index is 0.477. The summed E-state index contributed by atoms with van der Waals surface area (Å²) in [7, 11) is 1.94. The first-order valence-corrected chi connectivity index (χ1v) is 11.2. The molecule has 2 heterocycles. The topological polar surface area (TPSA) is 68.8 Å². The Kier molecular flexibility index (Phi) is 6.18. The van der Waals surface area contributed by atoms with Crippen LogP contribution >= 0.6 is 0 Å². The molecule has 1 N–H and O–H groups in total. The second-order valence-corrected chi connectivity index (χ2v) is 9.40. The molecule has 3 atom stereocenters. The number of hydrogen-bond donors (Lipinski definition) is 1. The molecule has 0 unspecified atom stereocenters. The third-order valence-electron chi connectivity index (χ3n) is 7.00. The molecule has 158 valence electrons. The smallest absolute Gasteiger partial charge is 0.265 e. The van der Waals surface area contributed by atoms with E-state index in [1.165, 1.54) is 37.7 Å². The predicted octanol–water partition coefficient (Wildman–Crippen LogP) is 4.40. The summed E-state index contributed by atoms with van der Waals surface area (Å²) in [5.74, 6) is 3.74. The van der Waals surface area contributed by atoms with Gasteiger partial charge in [-0.2, -0.15) is 0 Å². The summed E-state index contributed by atoms with van der Waals surface area (Å²) in [6.45, 7) is 8.13. The van der Waals surface area contributed by atoms with Crippen molar-refractivity contribution in [2.24, 2.45) is 30.7 Å². The molecule has 0 aliphatic heterocycles. The van der Waals surface area contributed by atoms with Crippen LogP contribution in [0, 0.1) is 23.7 Å². The standard InChI is InChI=1S/C23H35N5O/c1-15(2)20-10-17(16(3)9-18(20)12-25-19-7-5-6-8-19)11-22-26-27-23(29-22)21-13-24-14-28(21)4/h9,13-15,17-20,25H,5-8,10-12H2,1-4H3/t17-,18-,20-/m0/s1. The molecule has 1 fully saturated rings. The molecule has 0 amide bonds. The van der Waals surface area contributed by atoms with Gasteiger partial charge in [-0.3, -0.25) is 0 Å². The number of aromatic nitrogens is 4. The van der Waals surface area contributed by atoms with Crippen LogP contribution in [0.25, 0.3) is 11.6 Å². The van der Waals surface area contributed by atoms with E-state index in [9.17, 15) is 0 Å². The first-order valence-electron chi connectivity index (χ1n) is 11.2. The van der Waals surface area contributed by atoms with E-state index in [0.29, 0.717) is 29.6 Å². The lowest BCUT2D eigenvalue weighted by molar-refractivity contribution is 0.214. The van der Waals surface area contributed by atoms with Crippen molar-refractivity contribution in [2.75, 3.05) is 6.54 Å². The Bertz CT molecular complexity index is 830. The van der Waals surface area contributed by atoms with Crippen LogP contribution in [0.2, 0.25) is 0 Å². The Morgan fingerprint density at radius 1 is 1.24 bits per heavy atom. The van der Waals surface area contributed by atoms with E-state index in [-0.39, 0.29) is 0 Å². The van der Waals surface area contributed by atoms with Crippen molar-refractivity contribution in [1.29, 1.82) is 0 Å². The first kappa shape index (κ1) is 20.3. The van der Waals surface area contributed by atoms with Crippen LogP contribution in [-0.4, -0.2) is 32.3 Å². The van der Waals surface area contributed by atoms with Gasteiger partial charge in [0.15, 0.2) is 0 Å². The lowest BCUT2D eigenvalue weighted by Gasteiger charge is -2.37. The second-order valence-electron chi connectivity index (χ2n) is 9.40. The molecule has 0 aromatic carbocycles. The summed E-state index contributed by atoms with van der Waals surface area (Å²) < 4.78 is 7.88. The molecule has 0 saturated heterocycles. The molecule has 6 nitrogen and oxygen atoms in total. The maximum Gasteiger partial charge on any atom is 0.265 e. The Morgan fingerprint density at radius 2 is 2.03 bits per heavy atom. The van der Waals surface area contributed by atoms with Gasteiger partial charge >= 0.3 is 0 Å². The van der Waals surface area contributed by atoms with Gasteiger partial charge in [0, 0.05) is 26.1 Å². The molecular weight excluding hydrogens is 362 g/mol. The van der Waals surface area contributed by atoms with Crippen LogP contribution in [0.3, 0.4) is 0 Å². The quantitative estimate of drug-likeness (QED) is 0.701. The molecule has 0 bridgehead atoms. The number of nitrogens with one attached hydrogen (secondary N) is 1. The number of rotatable bonds is 7. The van der Waals surface area contributed by atoms with Crippen molar-refractivity contribution in [3.05, 3.63) is 30.1 Å². The Labute approximate surface area is 174 Å². The number of imidazole rings is 1. The van der Waals surface area contributed by atoms with Gasteiger partial charge in [0.25, 0.3) is 5.89 Å². The lowest BCUT2D eigenvalue weighted by atomic mass is 9.70. The maximum atomic E-state index is 5.97. The van der Waals surface area contributed by atoms with Crippen LogP contribution < -0.4 is 5.32 Å². The van der Waals surface area contributed by atoms with Gasteiger partial charge in [-0.05, 0) is 49.9 Å². The Hall–Kier alpha value is -1.95. The van der Waals surface area contributed by atoms with E-state index in [4.69, 9.17) is 4.42 Å². The monoisotopic (exact) mass is 397 g/mol. The van der Waals surface area contributed by atoms with E-state index in [2.05, 4.69) is 47.3 Å². The molecule has 2 aromatic rings. The summed E-state index contributed by atoms with van der Waals surface area (Å²) in [4.78, 5) is 4.14. The van der Waals surface area contributed by atoms with Crippen LogP contribution in [0.5, 0.6) is 0 Å². The predicted molar refractivity (Wildman–Crippen MR) is 114 cm³/mol. The highest BCUT2D eigenvalue weighted by molar-refractivity contribution is 5.44. The van der Waals surface area contributed by atoms with E-state index in [1.54, 1.807) is 12.5 Å². The largest absolute Gasteiger partial charge is 0.419 e. The second kappa shape index (κ2) is 8.82. The number of hydrogen-bond acceptors (Lipinski definition) is 5. The molecule has 0 spiro atoms. The minimum atomic E-state index is 0.477. The fraction of sp³-hybridized carbons (Fsp3) is 0.696. The number of allylic oxidation sites excluding steroid dienone is 1. The highest BCUT2D eigenvalue weighted by Crippen LogP contribution is 2.39. The lowest BCUT2D eigenvalue weighted by Crippen LogP contribution is -2.38. The first-order chi connectivity index (χ1) is 14.0. The van der Waals surface area contributed by atoms with Gasteiger partial charge in [0.1, 0.15) is 5.69 Å². The van der Waals surface area contributed by atoms with Crippen molar-refractivity contribution in [1.82, 2.24) is 25.1 Å². The molecule has 6 heteroatoms. The van der Waals surface area contributed by atoms with E-state index in [1.807, 2.05) is 11.6 Å². The average Bonchev–Trinajstić information content (AvgIpc) is 3.43. The molecule has 0 radical (unpaired) electrons. The summed E-state index contributed by atoms with van der Waals surface area (Å²) >= 11 is 0. The van der Waals surface area contributed by atoms with Crippen LogP contribution in [0.1, 0.15) is 58.8 Å². The van der Waals surface area contributed by atoms with Crippen LogP contribution in [-0.2, 0) is 13.5 Å². The van der Waals surface area contributed by atoms with Crippen LogP contribution in [0.15, 0.2) is 28.6 Å². The zero-order chi connectivity index (χ0) is 20.4. The normalized spacial score (nSPS) is 25.7. The molecular formula is C23H35N5O. The Balaban J connectivity index is 1.43. The summed E-state index contributed by atoms with van der Waals surface area (Å²) in [5, 5.41) is 12.4. The molecule has 2 aromatic heterocycles. The number of aryl methyl sites for hydroxylation is 1. The average molecular weight is 398 g/mol. The van der Waals surface area contributed by atoms with Gasteiger partial charge < -0.3 is 14.3 Å². The molecule has 2 aliphatic rings. The third-order valence-corrected chi connectivity index (χ3v) is 7.00. The van der Waals surface area contributed by atoms with Gasteiger partial charge in [0.05, 0.1) is 12.5 Å². The highest BCUT2D eigenvalue weighted by Gasteiger charge is 2.33.